The number of halogens is 1. The number of nitrogens with one attached hydrogen (secondary N) is 1. The number of rotatable bonds is 2. The minimum absolute atomic E-state index is 0. The number of carbonyl (C=O) groups is 1. The van der Waals surface area contributed by atoms with Crippen LogP contribution in [0.2, 0.25) is 0 Å². The summed E-state index contributed by atoms with van der Waals surface area (Å²) in [6.45, 7) is 6.37. The molecular weight excluding hydrogens is 272 g/mol. The number of hydrogen-bond donors (Lipinski definition) is 2. The normalized spacial score (nSPS) is 42.2. The summed E-state index contributed by atoms with van der Waals surface area (Å²) in [5.41, 5.74) is 6.66. The van der Waals surface area contributed by atoms with Crippen molar-refractivity contribution in [3.05, 3.63) is 0 Å². The first kappa shape index (κ1) is 16.1. The first-order valence-electron chi connectivity index (χ1n) is 7.77. The van der Waals surface area contributed by atoms with Crippen molar-refractivity contribution in [2.45, 2.75) is 76.8 Å². The molecular formula is C16H29ClN2O. The first-order valence-corrected chi connectivity index (χ1v) is 7.77. The molecule has 0 heterocycles. The Bertz CT molecular complexity index is 388. The summed E-state index contributed by atoms with van der Waals surface area (Å²) >= 11 is 0. The van der Waals surface area contributed by atoms with Gasteiger partial charge in [0.15, 0.2) is 0 Å². The molecule has 0 aliphatic heterocycles. The van der Waals surface area contributed by atoms with E-state index in [4.69, 9.17) is 5.73 Å². The van der Waals surface area contributed by atoms with Crippen LogP contribution < -0.4 is 11.1 Å². The quantitative estimate of drug-likeness (QED) is 0.823. The van der Waals surface area contributed by atoms with Crippen LogP contribution in [0.1, 0.15) is 65.7 Å². The molecule has 0 aromatic carbocycles. The van der Waals surface area contributed by atoms with Gasteiger partial charge >= 0.3 is 0 Å². The summed E-state index contributed by atoms with van der Waals surface area (Å²) in [5.74, 6) is 1.72. The van der Waals surface area contributed by atoms with Gasteiger partial charge in [0.25, 0.3) is 0 Å². The van der Waals surface area contributed by atoms with E-state index in [9.17, 15) is 4.79 Å². The largest absolute Gasteiger partial charge is 0.351 e. The number of nitrogens with two attached hydrogens (primary N) is 1. The fraction of sp³-hybridized carbons (Fsp3) is 0.938. The third-order valence-electron chi connectivity index (χ3n) is 5.20. The molecule has 1 amide bonds. The molecule has 4 rings (SSSR count). The third kappa shape index (κ3) is 3.14. The van der Waals surface area contributed by atoms with E-state index in [1.807, 2.05) is 0 Å². The van der Waals surface area contributed by atoms with E-state index in [2.05, 4.69) is 26.1 Å². The summed E-state index contributed by atoms with van der Waals surface area (Å²) < 4.78 is 0. The van der Waals surface area contributed by atoms with E-state index in [1.165, 1.54) is 32.1 Å². The molecule has 4 atom stereocenters. The van der Waals surface area contributed by atoms with E-state index in [1.54, 1.807) is 0 Å². The van der Waals surface area contributed by atoms with Crippen LogP contribution >= 0.6 is 12.4 Å². The molecule has 4 saturated carbocycles. The third-order valence-corrected chi connectivity index (χ3v) is 5.20. The molecule has 0 aromatic heterocycles. The second kappa shape index (κ2) is 4.88. The van der Waals surface area contributed by atoms with Crippen LogP contribution in [0.5, 0.6) is 0 Å². The fourth-order valence-corrected chi connectivity index (χ4v) is 5.30. The number of amides is 1. The van der Waals surface area contributed by atoms with Crippen molar-refractivity contribution in [3.63, 3.8) is 0 Å². The lowest BCUT2D eigenvalue weighted by molar-refractivity contribution is -0.129. The molecule has 4 heteroatoms. The highest BCUT2D eigenvalue weighted by Gasteiger charge is 2.56. The predicted octanol–water partition coefficient (Wildman–Crippen LogP) is 3.01. The zero-order valence-corrected chi connectivity index (χ0v) is 13.8. The van der Waals surface area contributed by atoms with Crippen molar-refractivity contribution in [1.29, 1.82) is 0 Å². The summed E-state index contributed by atoms with van der Waals surface area (Å²) in [6, 6.07) is 0. The standard InChI is InChI=1S/C16H28N2O.ClH/c1-14(2,3)9-13(19)18-16-7-11-4-12(8-16)6-15(17,5-11)10-16;/h11-12H,4-10,17H2,1-3H3,(H,18,19);1H/t11-,12+,15?,16?;. The van der Waals surface area contributed by atoms with E-state index in [-0.39, 0.29) is 34.8 Å². The predicted molar refractivity (Wildman–Crippen MR) is 83.8 cm³/mol. The Morgan fingerprint density at radius 1 is 1.20 bits per heavy atom. The van der Waals surface area contributed by atoms with Crippen LogP contribution in [0.3, 0.4) is 0 Å². The van der Waals surface area contributed by atoms with E-state index in [0.29, 0.717) is 6.42 Å². The van der Waals surface area contributed by atoms with Crippen molar-refractivity contribution < 1.29 is 4.79 Å². The van der Waals surface area contributed by atoms with Crippen molar-refractivity contribution >= 4 is 18.3 Å². The van der Waals surface area contributed by atoms with Crippen LogP contribution in [0.15, 0.2) is 0 Å². The summed E-state index contributed by atoms with van der Waals surface area (Å²) in [7, 11) is 0. The lowest BCUT2D eigenvalue weighted by Crippen LogP contribution is -2.68. The summed E-state index contributed by atoms with van der Waals surface area (Å²) in [4.78, 5) is 12.3. The molecule has 3 N–H and O–H groups in total. The Hall–Kier alpha value is -0.280. The van der Waals surface area contributed by atoms with Gasteiger partial charge < -0.3 is 11.1 Å². The highest BCUT2D eigenvalue weighted by Crippen LogP contribution is 2.56. The molecule has 4 aliphatic rings. The zero-order valence-electron chi connectivity index (χ0n) is 13.0. The molecule has 4 fully saturated rings. The van der Waals surface area contributed by atoms with Crippen LogP contribution in [0.25, 0.3) is 0 Å². The lowest BCUT2D eigenvalue weighted by Gasteiger charge is -2.61. The van der Waals surface area contributed by atoms with Crippen LogP contribution in [-0.2, 0) is 4.79 Å². The first-order chi connectivity index (χ1) is 8.67. The van der Waals surface area contributed by atoms with Crippen molar-refractivity contribution in [1.82, 2.24) is 5.32 Å². The molecule has 116 valence electrons. The maximum Gasteiger partial charge on any atom is 0.220 e. The maximum absolute atomic E-state index is 12.3. The van der Waals surface area contributed by atoms with Gasteiger partial charge in [0.05, 0.1) is 0 Å². The molecule has 0 spiro atoms. The van der Waals surface area contributed by atoms with Gasteiger partial charge in [0.1, 0.15) is 0 Å². The van der Waals surface area contributed by atoms with Gasteiger partial charge in [-0.1, -0.05) is 20.8 Å². The minimum atomic E-state index is 0. The SMILES string of the molecule is CC(C)(C)CC(=O)NC12C[C@@H]3C[C@@H](CC(N)(C3)C1)C2.Cl. The van der Waals surface area contributed by atoms with Gasteiger partial charge in [-0.25, -0.2) is 0 Å². The van der Waals surface area contributed by atoms with Gasteiger partial charge in [-0.3, -0.25) is 4.79 Å². The second-order valence-electron chi connectivity index (χ2n) is 8.89. The topological polar surface area (TPSA) is 55.1 Å². The smallest absolute Gasteiger partial charge is 0.220 e. The molecule has 0 saturated heterocycles. The molecule has 0 aromatic rings. The summed E-state index contributed by atoms with van der Waals surface area (Å²) in [5, 5.41) is 3.39. The number of carbonyl (C=O) groups excluding carboxylic acids is 1. The van der Waals surface area contributed by atoms with Gasteiger partial charge in [-0.15, -0.1) is 12.4 Å². The molecule has 2 unspecified atom stereocenters. The lowest BCUT2D eigenvalue weighted by atomic mass is 9.50. The minimum Gasteiger partial charge on any atom is -0.351 e. The molecule has 4 bridgehead atoms. The Kier molecular flexibility index (Phi) is 3.92. The monoisotopic (exact) mass is 300 g/mol. The highest BCUT2D eigenvalue weighted by atomic mass is 35.5. The fourth-order valence-electron chi connectivity index (χ4n) is 5.30. The zero-order chi connectivity index (χ0) is 13.9. The van der Waals surface area contributed by atoms with Gasteiger partial charge in [-0.2, -0.15) is 0 Å². The van der Waals surface area contributed by atoms with Crippen molar-refractivity contribution in [2.75, 3.05) is 0 Å². The Morgan fingerprint density at radius 2 is 1.75 bits per heavy atom. The Morgan fingerprint density at radius 3 is 2.20 bits per heavy atom. The Labute approximate surface area is 128 Å². The van der Waals surface area contributed by atoms with Crippen molar-refractivity contribution in [2.24, 2.45) is 23.0 Å². The molecule has 3 nitrogen and oxygen atoms in total. The molecule has 20 heavy (non-hydrogen) atoms. The average Bonchev–Trinajstić information content (AvgIpc) is 2.06. The maximum atomic E-state index is 12.3. The average molecular weight is 301 g/mol. The second-order valence-corrected chi connectivity index (χ2v) is 8.89. The number of hydrogen-bond acceptors (Lipinski definition) is 2. The van der Waals surface area contributed by atoms with Crippen molar-refractivity contribution in [3.8, 4) is 0 Å². The van der Waals surface area contributed by atoms with Gasteiger partial charge in [0.2, 0.25) is 5.91 Å². The Balaban J connectivity index is 0.00000147. The van der Waals surface area contributed by atoms with Crippen LogP contribution in [0.4, 0.5) is 0 Å². The summed E-state index contributed by atoms with van der Waals surface area (Å²) in [6.07, 6.45) is 7.65. The van der Waals surface area contributed by atoms with Crippen LogP contribution in [0, 0.1) is 17.3 Å². The van der Waals surface area contributed by atoms with E-state index < -0.39 is 0 Å². The van der Waals surface area contributed by atoms with E-state index >= 15 is 0 Å². The molecule has 0 radical (unpaired) electrons. The van der Waals surface area contributed by atoms with Gasteiger partial charge in [-0.05, 0) is 55.8 Å². The van der Waals surface area contributed by atoms with Gasteiger partial charge in [0, 0.05) is 17.5 Å². The highest BCUT2D eigenvalue weighted by molar-refractivity contribution is 5.85. The van der Waals surface area contributed by atoms with Crippen LogP contribution in [-0.4, -0.2) is 17.0 Å². The van der Waals surface area contributed by atoms with E-state index in [0.717, 1.165) is 18.3 Å². The molecule has 4 aliphatic carbocycles.